The molecule has 1 aromatic carbocycles. The van der Waals surface area contributed by atoms with Crippen molar-refractivity contribution in [2.45, 2.75) is 0 Å². The third-order valence-electron chi connectivity index (χ3n) is 2.45. The number of nitro groups is 1. The van der Waals surface area contributed by atoms with Crippen molar-refractivity contribution in [3.05, 3.63) is 43.3 Å². The predicted molar refractivity (Wildman–Crippen MR) is 81.7 cm³/mol. The zero-order valence-corrected chi connectivity index (χ0v) is 12.8. The highest BCUT2D eigenvalue weighted by Gasteiger charge is 2.28. The summed E-state index contributed by atoms with van der Waals surface area (Å²) in [5.74, 6) is -0.194. The number of carbonyl (C=O) groups is 1. The van der Waals surface area contributed by atoms with E-state index in [1.54, 1.807) is 25.3 Å². The molecule has 1 heterocycles. The van der Waals surface area contributed by atoms with Gasteiger partial charge in [-0.3, -0.25) is 19.8 Å². The number of nitro benzene ring substituents is 1. The van der Waals surface area contributed by atoms with Crippen LogP contribution in [0, 0.1) is 10.1 Å². The van der Waals surface area contributed by atoms with Crippen LogP contribution in [0.4, 0.5) is 5.69 Å². The molecule has 0 unspecified atom stereocenters. The van der Waals surface area contributed by atoms with Crippen molar-refractivity contribution in [1.82, 2.24) is 4.90 Å². The first-order chi connectivity index (χ1) is 8.90. The molecule has 2 rings (SSSR count). The first-order valence-corrected chi connectivity index (χ1v) is 7.07. The Morgan fingerprint density at radius 2 is 2.21 bits per heavy atom. The maximum atomic E-state index is 11.8. The fourth-order valence-electron chi connectivity index (χ4n) is 1.46. The summed E-state index contributed by atoms with van der Waals surface area (Å²) in [5.41, 5.74) is 0.546. The van der Waals surface area contributed by atoms with Crippen LogP contribution >= 0.6 is 39.9 Å². The average molecular weight is 359 g/mol. The third-order valence-corrected chi connectivity index (χ3v) is 4.61. The van der Waals surface area contributed by atoms with Crippen LogP contribution in [0.3, 0.4) is 0 Å². The molecule has 8 heteroatoms. The highest BCUT2D eigenvalue weighted by Crippen LogP contribution is 2.33. The molecule has 0 bridgehead atoms. The molecular weight excluding hydrogens is 352 g/mol. The number of thiocarbonyl (C=S) groups is 1. The van der Waals surface area contributed by atoms with Crippen LogP contribution in [0.2, 0.25) is 0 Å². The lowest BCUT2D eigenvalue weighted by atomic mass is 10.2. The zero-order chi connectivity index (χ0) is 14.2. The van der Waals surface area contributed by atoms with Gasteiger partial charge in [0.25, 0.3) is 11.6 Å². The predicted octanol–water partition coefficient (Wildman–Crippen LogP) is 3.19. The molecular formula is C11H7BrN2O3S2. The number of carbonyl (C=O) groups excluding carboxylic acids is 1. The summed E-state index contributed by atoms with van der Waals surface area (Å²) in [7, 11) is 1.60. The molecule has 0 spiro atoms. The summed E-state index contributed by atoms with van der Waals surface area (Å²) in [4.78, 5) is 24.0. The van der Waals surface area contributed by atoms with Crippen molar-refractivity contribution in [2.24, 2.45) is 0 Å². The van der Waals surface area contributed by atoms with E-state index in [1.807, 2.05) is 0 Å². The molecule has 0 atom stereocenters. The van der Waals surface area contributed by atoms with E-state index in [2.05, 4.69) is 15.9 Å². The summed E-state index contributed by atoms with van der Waals surface area (Å²) in [6, 6.07) is 4.68. The molecule has 0 aliphatic carbocycles. The Balaban J connectivity index is 2.39. The Hall–Kier alpha value is -1.25. The van der Waals surface area contributed by atoms with Crippen LogP contribution < -0.4 is 0 Å². The van der Waals surface area contributed by atoms with E-state index in [0.29, 0.717) is 19.3 Å². The highest BCUT2D eigenvalue weighted by atomic mass is 79.9. The Labute approximate surface area is 126 Å². The fraction of sp³-hybridized carbons (Fsp3) is 0.0909. The van der Waals surface area contributed by atoms with Gasteiger partial charge in [-0.05, 0) is 33.6 Å². The van der Waals surface area contributed by atoms with Crippen molar-refractivity contribution < 1.29 is 9.72 Å². The molecule has 98 valence electrons. The van der Waals surface area contributed by atoms with Crippen LogP contribution in [-0.4, -0.2) is 27.1 Å². The lowest BCUT2D eigenvalue weighted by Gasteiger charge is -2.03. The third kappa shape index (κ3) is 2.85. The molecule has 0 N–H and O–H groups in total. The Bertz CT molecular complexity index is 630. The Morgan fingerprint density at radius 1 is 1.53 bits per heavy atom. The Kier molecular flexibility index (Phi) is 4.02. The second kappa shape index (κ2) is 5.40. The molecule has 0 radical (unpaired) electrons. The van der Waals surface area contributed by atoms with Crippen LogP contribution in [0.15, 0.2) is 27.6 Å². The standard InChI is InChI=1S/C11H7BrN2O3S2/c1-13-10(15)9(19-11(13)18)5-6-2-3-7(12)8(4-6)14(16)17/h2-5H,1H3/b9-5+. The number of hydrogen-bond donors (Lipinski definition) is 0. The van der Waals surface area contributed by atoms with Gasteiger partial charge < -0.3 is 0 Å². The van der Waals surface area contributed by atoms with Gasteiger partial charge in [-0.15, -0.1) is 0 Å². The number of amides is 1. The van der Waals surface area contributed by atoms with Crippen LogP contribution in [0.5, 0.6) is 0 Å². The minimum Gasteiger partial charge on any atom is -0.296 e. The molecule has 0 aromatic heterocycles. The minimum atomic E-state index is -0.480. The maximum Gasteiger partial charge on any atom is 0.284 e. The number of halogens is 1. The summed E-state index contributed by atoms with van der Waals surface area (Å²) in [6.07, 6.45) is 1.60. The molecule has 1 aromatic rings. The van der Waals surface area contributed by atoms with E-state index in [-0.39, 0.29) is 11.6 Å². The number of rotatable bonds is 2. The molecule has 1 fully saturated rings. The van der Waals surface area contributed by atoms with Gasteiger partial charge >= 0.3 is 0 Å². The lowest BCUT2D eigenvalue weighted by Crippen LogP contribution is -2.22. The van der Waals surface area contributed by atoms with Gasteiger partial charge in [-0.25, -0.2) is 0 Å². The van der Waals surface area contributed by atoms with Gasteiger partial charge in [0.2, 0.25) is 0 Å². The highest BCUT2D eigenvalue weighted by molar-refractivity contribution is 9.10. The minimum absolute atomic E-state index is 0.0410. The molecule has 1 saturated heterocycles. The van der Waals surface area contributed by atoms with Crippen LogP contribution in [-0.2, 0) is 4.79 Å². The van der Waals surface area contributed by atoms with E-state index in [0.717, 1.165) is 0 Å². The maximum absolute atomic E-state index is 11.8. The molecule has 1 aliphatic heterocycles. The Morgan fingerprint density at radius 3 is 2.74 bits per heavy atom. The number of benzene rings is 1. The number of thioether (sulfide) groups is 1. The first-order valence-electron chi connectivity index (χ1n) is 5.05. The van der Waals surface area contributed by atoms with Crippen molar-refractivity contribution >= 4 is 61.9 Å². The summed E-state index contributed by atoms with van der Waals surface area (Å²) in [5, 5.41) is 10.8. The number of nitrogens with zero attached hydrogens (tertiary/aromatic N) is 2. The van der Waals surface area contributed by atoms with Crippen LogP contribution in [0.1, 0.15) is 5.56 Å². The van der Waals surface area contributed by atoms with Crippen LogP contribution in [0.25, 0.3) is 6.08 Å². The van der Waals surface area contributed by atoms with Crippen molar-refractivity contribution in [3.63, 3.8) is 0 Å². The molecule has 19 heavy (non-hydrogen) atoms. The van der Waals surface area contributed by atoms with Gasteiger partial charge in [0.05, 0.1) is 14.3 Å². The quantitative estimate of drug-likeness (QED) is 0.351. The fourth-order valence-corrected chi connectivity index (χ4v) is 3.03. The SMILES string of the molecule is CN1C(=O)/C(=C\c2ccc(Br)c([N+](=O)[O-])c2)SC1=S. The summed E-state index contributed by atoms with van der Waals surface area (Å²) in [6.45, 7) is 0. The van der Waals surface area contributed by atoms with Gasteiger partial charge in [0.1, 0.15) is 4.32 Å². The summed E-state index contributed by atoms with van der Waals surface area (Å²) >= 11 is 9.31. The normalized spacial score (nSPS) is 17.4. The molecule has 0 saturated carbocycles. The van der Waals surface area contributed by atoms with Crippen molar-refractivity contribution in [2.75, 3.05) is 7.05 Å². The smallest absolute Gasteiger partial charge is 0.284 e. The van der Waals surface area contributed by atoms with Crippen molar-refractivity contribution in [1.29, 1.82) is 0 Å². The second-order valence-corrected chi connectivity index (χ2v) is 6.24. The molecule has 1 aliphatic rings. The lowest BCUT2D eigenvalue weighted by molar-refractivity contribution is -0.385. The van der Waals surface area contributed by atoms with E-state index in [4.69, 9.17) is 12.2 Å². The van der Waals surface area contributed by atoms with Gasteiger partial charge in [-0.2, -0.15) is 0 Å². The number of hydrogen-bond acceptors (Lipinski definition) is 5. The van der Waals surface area contributed by atoms with Gasteiger partial charge in [0, 0.05) is 13.1 Å². The zero-order valence-electron chi connectivity index (χ0n) is 9.62. The molecule has 5 nitrogen and oxygen atoms in total. The topological polar surface area (TPSA) is 63.5 Å². The van der Waals surface area contributed by atoms with Gasteiger partial charge in [-0.1, -0.05) is 30.0 Å². The van der Waals surface area contributed by atoms with Crippen molar-refractivity contribution in [3.8, 4) is 0 Å². The average Bonchev–Trinajstić information content (AvgIpc) is 2.59. The van der Waals surface area contributed by atoms with E-state index >= 15 is 0 Å². The summed E-state index contributed by atoms with van der Waals surface area (Å²) < 4.78 is 0.876. The van der Waals surface area contributed by atoms with E-state index < -0.39 is 4.92 Å². The monoisotopic (exact) mass is 358 g/mol. The first kappa shape index (κ1) is 14.2. The van der Waals surface area contributed by atoms with E-state index in [9.17, 15) is 14.9 Å². The second-order valence-electron chi connectivity index (χ2n) is 3.71. The van der Waals surface area contributed by atoms with Gasteiger partial charge in [0.15, 0.2) is 0 Å². The molecule has 1 amide bonds. The number of likely N-dealkylation sites (N-methyl/N-ethyl adjacent to an activating group) is 1. The van der Waals surface area contributed by atoms with E-state index in [1.165, 1.54) is 22.7 Å². The largest absolute Gasteiger partial charge is 0.296 e.